The third-order valence-corrected chi connectivity index (χ3v) is 4.11. The van der Waals surface area contributed by atoms with Crippen LogP contribution in [0.2, 0.25) is 0 Å². The van der Waals surface area contributed by atoms with E-state index in [1.807, 2.05) is 0 Å². The highest BCUT2D eigenvalue weighted by Crippen LogP contribution is 2.33. The van der Waals surface area contributed by atoms with Crippen LogP contribution in [0, 0.1) is 0 Å². The van der Waals surface area contributed by atoms with Gasteiger partial charge in [-0.2, -0.15) is 10.1 Å². The number of nitrogens with one attached hydrogen (secondary N) is 2. The summed E-state index contributed by atoms with van der Waals surface area (Å²) in [6.45, 7) is 0.468. The molecule has 2 N–H and O–H groups in total. The highest BCUT2D eigenvalue weighted by atomic mass is 16.5. The summed E-state index contributed by atoms with van der Waals surface area (Å²) < 4.78 is 9.98. The number of hydrogen-bond donors (Lipinski definition) is 2. The molecule has 8 nitrogen and oxygen atoms in total. The first-order valence-corrected chi connectivity index (χ1v) is 7.89. The Labute approximate surface area is 134 Å². The standard InChI is InChI=1S/C15H21N5O3/c1-22-9-12-18-13(23-20-12)8-16-15(21)11-7-17-19-14(11)10-5-3-2-4-6-10/h7,10H,2-6,8-9H2,1H3,(H,16,21)(H,17,19). The molecule has 0 bridgehead atoms. The van der Waals surface area contributed by atoms with Gasteiger partial charge in [0, 0.05) is 13.0 Å². The lowest BCUT2D eigenvalue weighted by molar-refractivity contribution is 0.0944. The summed E-state index contributed by atoms with van der Waals surface area (Å²) in [6.07, 6.45) is 7.47. The van der Waals surface area contributed by atoms with Crippen molar-refractivity contribution in [3.63, 3.8) is 0 Å². The molecule has 0 saturated heterocycles. The lowest BCUT2D eigenvalue weighted by atomic mass is 9.85. The molecule has 0 aliphatic heterocycles. The van der Waals surface area contributed by atoms with E-state index in [1.54, 1.807) is 13.3 Å². The fraction of sp³-hybridized carbons (Fsp3) is 0.600. The van der Waals surface area contributed by atoms with Crippen molar-refractivity contribution in [2.75, 3.05) is 7.11 Å². The number of methoxy groups -OCH3 is 1. The third kappa shape index (κ3) is 3.76. The number of carbonyl (C=O) groups excluding carboxylic acids is 1. The zero-order valence-electron chi connectivity index (χ0n) is 13.2. The number of aromatic nitrogens is 4. The average Bonchev–Trinajstić information content (AvgIpc) is 3.23. The zero-order chi connectivity index (χ0) is 16.1. The number of aromatic amines is 1. The number of rotatable bonds is 6. The van der Waals surface area contributed by atoms with Crippen LogP contribution in [0.15, 0.2) is 10.7 Å². The van der Waals surface area contributed by atoms with Gasteiger partial charge in [0.05, 0.1) is 24.0 Å². The van der Waals surface area contributed by atoms with Crippen molar-refractivity contribution in [2.45, 2.75) is 51.2 Å². The fourth-order valence-corrected chi connectivity index (χ4v) is 2.98. The molecule has 0 aromatic carbocycles. The molecule has 1 aliphatic carbocycles. The molecule has 1 amide bonds. The molecule has 8 heteroatoms. The Morgan fingerprint density at radius 3 is 3.04 bits per heavy atom. The van der Waals surface area contributed by atoms with Crippen molar-refractivity contribution in [3.05, 3.63) is 29.2 Å². The van der Waals surface area contributed by atoms with Crippen LogP contribution < -0.4 is 5.32 Å². The first-order valence-electron chi connectivity index (χ1n) is 7.89. The Morgan fingerprint density at radius 2 is 2.26 bits per heavy atom. The van der Waals surface area contributed by atoms with Gasteiger partial charge >= 0.3 is 0 Å². The van der Waals surface area contributed by atoms with Crippen molar-refractivity contribution >= 4 is 5.91 Å². The maximum atomic E-state index is 12.4. The summed E-state index contributed by atoms with van der Waals surface area (Å²) in [5.41, 5.74) is 1.54. The Morgan fingerprint density at radius 1 is 1.43 bits per heavy atom. The van der Waals surface area contributed by atoms with Crippen LogP contribution in [-0.2, 0) is 17.9 Å². The molecule has 0 unspecified atom stereocenters. The molecule has 1 aliphatic rings. The van der Waals surface area contributed by atoms with Crippen LogP contribution in [0.4, 0.5) is 0 Å². The van der Waals surface area contributed by atoms with E-state index in [2.05, 4.69) is 25.7 Å². The maximum Gasteiger partial charge on any atom is 0.255 e. The highest BCUT2D eigenvalue weighted by molar-refractivity contribution is 5.95. The monoisotopic (exact) mass is 319 g/mol. The third-order valence-electron chi connectivity index (χ3n) is 4.11. The Hall–Kier alpha value is -2.22. The topological polar surface area (TPSA) is 106 Å². The molecule has 0 radical (unpaired) electrons. The van der Waals surface area contributed by atoms with Gasteiger partial charge in [-0.25, -0.2) is 0 Å². The Bertz CT molecular complexity index is 645. The molecule has 0 atom stereocenters. The quantitative estimate of drug-likeness (QED) is 0.842. The fourth-order valence-electron chi connectivity index (χ4n) is 2.98. The van der Waals surface area contributed by atoms with Crippen LogP contribution in [0.25, 0.3) is 0 Å². The minimum absolute atomic E-state index is 0.175. The van der Waals surface area contributed by atoms with Crippen molar-refractivity contribution < 1.29 is 14.1 Å². The lowest BCUT2D eigenvalue weighted by Crippen LogP contribution is -2.24. The van der Waals surface area contributed by atoms with Crippen molar-refractivity contribution in [3.8, 4) is 0 Å². The average molecular weight is 319 g/mol. The Balaban J connectivity index is 1.60. The lowest BCUT2D eigenvalue weighted by Gasteiger charge is -2.21. The minimum Gasteiger partial charge on any atom is -0.377 e. The van der Waals surface area contributed by atoms with Gasteiger partial charge in [0.1, 0.15) is 6.61 Å². The zero-order valence-corrected chi connectivity index (χ0v) is 13.2. The molecule has 124 valence electrons. The summed E-state index contributed by atoms with van der Waals surface area (Å²) >= 11 is 0. The van der Waals surface area contributed by atoms with Crippen molar-refractivity contribution in [1.82, 2.24) is 25.7 Å². The molecule has 1 saturated carbocycles. The smallest absolute Gasteiger partial charge is 0.255 e. The largest absolute Gasteiger partial charge is 0.377 e. The van der Waals surface area contributed by atoms with Crippen LogP contribution >= 0.6 is 0 Å². The molecular formula is C15H21N5O3. The van der Waals surface area contributed by atoms with Crippen LogP contribution in [0.3, 0.4) is 0 Å². The van der Waals surface area contributed by atoms with Gasteiger partial charge in [-0.15, -0.1) is 0 Å². The van der Waals surface area contributed by atoms with Crippen LogP contribution in [-0.4, -0.2) is 33.4 Å². The van der Waals surface area contributed by atoms with E-state index in [9.17, 15) is 4.79 Å². The minimum atomic E-state index is -0.175. The molecule has 23 heavy (non-hydrogen) atoms. The predicted octanol–water partition coefficient (Wildman–Crippen LogP) is 1.92. The van der Waals surface area contributed by atoms with Crippen LogP contribution in [0.1, 0.15) is 65.8 Å². The molecule has 1 fully saturated rings. The van der Waals surface area contributed by atoms with Gasteiger partial charge in [-0.05, 0) is 12.8 Å². The van der Waals surface area contributed by atoms with Gasteiger partial charge in [0.15, 0.2) is 5.82 Å². The van der Waals surface area contributed by atoms with Crippen LogP contribution in [0.5, 0.6) is 0 Å². The number of carbonyl (C=O) groups is 1. The van der Waals surface area contributed by atoms with E-state index in [-0.39, 0.29) is 19.1 Å². The van der Waals surface area contributed by atoms with Gasteiger partial charge in [-0.3, -0.25) is 9.89 Å². The second kappa shape index (κ2) is 7.36. The SMILES string of the molecule is COCc1noc(CNC(=O)c2cn[nH]c2C2CCCCC2)n1. The van der Waals surface area contributed by atoms with E-state index < -0.39 is 0 Å². The maximum absolute atomic E-state index is 12.4. The second-order valence-corrected chi connectivity index (χ2v) is 5.75. The first kappa shape index (κ1) is 15.7. The van der Waals surface area contributed by atoms with Gasteiger partial charge in [-0.1, -0.05) is 24.4 Å². The molecule has 2 heterocycles. The summed E-state index contributed by atoms with van der Waals surface area (Å²) in [4.78, 5) is 16.5. The number of amides is 1. The summed E-state index contributed by atoms with van der Waals surface area (Å²) in [7, 11) is 1.56. The number of nitrogens with zero attached hydrogens (tertiary/aromatic N) is 3. The summed E-state index contributed by atoms with van der Waals surface area (Å²) in [5.74, 6) is 1.03. The van der Waals surface area contributed by atoms with Crippen molar-refractivity contribution in [2.24, 2.45) is 0 Å². The first-order chi connectivity index (χ1) is 11.3. The normalized spacial score (nSPS) is 15.7. The highest BCUT2D eigenvalue weighted by Gasteiger charge is 2.23. The van der Waals surface area contributed by atoms with Gasteiger partial charge < -0.3 is 14.6 Å². The number of H-pyrrole nitrogens is 1. The summed E-state index contributed by atoms with van der Waals surface area (Å²) in [5, 5.41) is 13.6. The van der Waals surface area contributed by atoms with E-state index >= 15 is 0 Å². The van der Waals surface area contributed by atoms with Gasteiger partial charge in [0.25, 0.3) is 5.91 Å². The van der Waals surface area contributed by atoms with E-state index in [0.717, 1.165) is 18.5 Å². The predicted molar refractivity (Wildman–Crippen MR) is 80.6 cm³/mol. The number of hydrogen-bond acceptors (Lipinski definition) is 6. The molecule has 0 spiro atoms. The Kier molecular flexibility index (Phi) is 5.02. The second-order valence-electron chi connectivity index (χ2n) is 5.75. The number of ether oxygens (including phenoxy) is 1. The summed E-state index contributed by atoms with van der Waals surface area (Å²) in [6, 6.07) is 0. The molecule has 2 aromatic rings. The van der Waals surface area contributed by atoms with Crippen molar-refractivity contribution in [1.29, 1.82) is 0 Å². The van der Waals surface area contributed by atoms with E-state index in [0.29, 0.717) is 23.2 Å². The van der Waals surface area contributed by atoms with E-state index in [4.69, 9.17) is 9.26 Å². The van der Waals surface area contributed by atoms with E-state index in [1.165, 1.54) is 19.3 Å². The molecule has 3 rings (SSSR count). The van der Waals surface area contributed by atoms with Gasteiger partial charge in [0.2, 0.25) is 5.89 Å². The molecule has 2 aromatic heterocycles. The molecular weight excluding hydrogens is 298 g/mol.